The summed E-state index contributed by atoms with van der Waals surface area (Å²) in [6.07, 6.45) is 1.76. The van der Waals surface area contributed by atoms with Crippen LogP contribution in [0, 0.1) is 11.7 Å². The summed E-state index contributed by atoms with van der Waals surface area (Å²) in [6, 6.07) is 7.70. The van der Waals surface area contributed by atoms with Gasteiger partial charge in [-0.15, -0.1) is 11.3 Å². The van der Waals surface area contributed by atoms with Gasteiger partial charge in [0.2, 0.25) is 11.8 Å². The third kappa shape index (κ3) is 5.39. The Balaban J connectivity index is 1.74. The quantitative estimate of drug-likeness (QED) is 0.625. The van der Waals surface area contributed by atoms with Crippen LogP contribution in [0.5, 0.6) is 5.75 Å². The smallest absolute Gasteiger partial charge is 0.242 e. The molecule has 3 rings (SSSR count). The van der Waals surface area contributed by atoms with Crippen LogP contribution >= 0.6 is 11.3 Å². The summed E-state index contributed by atoms with van der Waals surface area (Å²) in [5.41, 5.74) is 1.10. The lowest BCUT2D eigenvalue weighted by Crippen LogP contribution is -2.48. The molecular formula is C23H29FN2O3S. The van der Waals surface area contributed by atoms with Crippen LogP contribution in [0.4, 0.5) is 4.39 Å². The molecule has 0 N–H and O–H groups in total. The summed E-state index contributed by atoms with van der Waals surface area (Å²) in [5, 5.41) is 2.04. The normalized spacial score (nSPS) is 16.7. The third-order valence-electron chi connectivity index (χ3n) is 5.64. The Kier molecular flexibility index (Phi) is 7.48. The number of carbonyl (C=O) groups excluding carboxylic acids is 2. The Morgan fingerprint density at radius 2 is 2.03 bits per heavy atom. The second-order valence-corrected chi connectivity index (χ2v) is 8.83. The number of fused-ring (bicyclic) bond motifs is 1. The van der Waals surface area contributed by atoms with Crippen molar-refractivity contribution < 1.29 is 18.7 Å². The van der Waals surface area contributed by atoms with Gasteiger partial charge in [0.25, 0.3) is 0 Å². The fraction of sp³-hybridized carbons (Fsp3) is 0.478. The number of amides is 2. The van der Waals surface area contributed by atoms with Crippen LogP contribution in [0.25, 0.3) is 0 Å². The molecule has 1 aliphatic rings. The zero-order valence-electron chi connectivity index (χ0n) is 17.8. The van der Waals surface area contributed by atoms with E-state index < -0.39 is 0 Å². The number of ether oxygens (including phenoxy) is 1. The van der Waals surface area contributed by atoms with E-state index >= 15 is 0 Å². The number of hydrogen-bond donors (Lipinski definition) is 0. The van der Waals surface area contributed by atoms with Crippen LogP contribution in [0.1, 0.15) is 43.7 Å². The van der Waals surface area contributed by atoms with Gasteiger partial charge in [-0.25, -0.2) is 4.39 Å². The number of rotatable bonds is 8. The van der Waals surface area contributed by atoms with Crippen molar-refractivity contribution in [3.63, 3.8) is 0 Å². The van der Waals surface area contributed by atoms with Crippen molar-refractivity contribution in [1.29, 1.82) is 0 Å². The molecule has 0 spiro atoms. The molecule has 0 bridgehead atoms. The highest BCUT2D eigenvalue weighted by atomic mass is 32.1. The van der Waals surface area contributed by atoms with E-state index in [1.54, 1.807) is 28.4 Å². The molecule has 2 amide bonds. The summed E-state index contributed by atoms with van der Waals surface area (Å²) in [5.74, 6) is 0.425. The Bertz CT molecular complexity index is 868. The second kappa shape index (κ2) is 10.1. The minimum absolute atomic E-state index is 0.0712. The minimum Gasteiger partial charge on any atom is -0.491 e. The fourth-order valence-corrected chi connectivity index (χ4v) is 4.57. The molecule has 2 atom stereocenters. The van der Waals surface area contributed by atoms with Gasteiger partial charge in [0.05, 0.1) is 12.6 Å². The molecule has 0 fully saturated rings. The van der Waals surface area contributed by atoms with E-state index in [0.29, 0.717) is 24.8 Å². The first-order chi connectivity index (χ1) is 14.4. The van der Waals surface area contributed by atoms with E-state index in [1.165, 1.54) is 23.9 Å². The largest absolute Gasteiger partial charge is 0.491 e. The molecule has 162 valence electrons. The van der Waals surface area contributed by atoms with Gasteiger partial charge < -0.3 is 14.5 Å². The molecule has 5 nitrogen and oxygen atoms in total. The highest BCUT2D eigenvalue weighted by Gasteiger charge is 2.33. The number of carbonyl (C=O) groups is 2. The second-order valence-electron chi connectivity index (χ2n) is 7.83. The summed E-state index contributed by atoms with van der Waals surface area (Å²) in [6.45, 7) is 7.20. The van der Waals surface area contributed by atoms with Gasteiger partial charge >= 0.3 is 0 Å². The molecule has 0 saturated heterocycles. The third-order valence-corrected chi connectivity index (χ3v) is 6.63. The van der Waals surface area contributed by atoms with Crippen molar-refractivity contribution in [1.82, 2.24) is 9.80 Å². The van der Waals surface area contributed by atoms with Crippen molar-refractivity contribution >= 4 is 23.2 Å². The van der Waals surface area contributed by atoms with Crippen LogP contribution in [0.2, 0.25) is 0 Å². The Morgan fingerprint density at radius 3 is 2.70 bits per heavy atom. The highest BCUT2D eigenvalue weighted by molar-refractivity contribution is 7.10. The summed E-state index contributed by atoms with van der Waals surface area (Å²) in [7, 11) is 0. The molecule has 2 unspecified atom stereocenters. The molecule has 1 aromatic heterocycles. The predicted molar refractivity (Wildman–Crippen MR) is 116 cm³/mol. The standard InChI is InChI=1S/C23H29FN2O3S/c1-4-16(2)13-25(17(3)27)14-23(28)26-11-9-22-20(10-12-30-22)21(26)15-29-19-7-5-18(24)6-8-19/h5-8,10,12,16,21H,4,9,11,13-15H2,1-3H3. The molecule has 1 aliphatic heterocycles. The number of benzene rings is 1. The van der Waals surface area contributed by atoms with Gasteiger partial charge in [0.1, 0.15) is 18.2 Å². The Labute approximate surface area is 181 Å². The minimum atomic E-state index is -0.317. The topological polar surface area (TPSA) is 49.9 Å². The first-order valence-electron chi connectivity index (χ1n) is 10.4. The van der Waals surface area contributed by atoms with Crippen LogP contribution in [0.15, 0.2) is 35.7 Å². The highest BCUT2D eigenvalue weighted by Crippen LogP contribution is 2.34. The number of hydrogen-bond acceptors (Lipinski definition) is 4. The molecule has 2 heterocycles. The maximum Gasteiger partial charge on any atom is 0.242 e. The van der Waals surface area contributed by atoms with Crippen molar-refractivity contribution in [3.05, 3.63) is 52.0 Å². The van der Waals surface area contributed by atoms with Gasteiger partial charge in [-0.05, 0) is 53.6 Å². The lowest BCUT2D eigenvalue weighted by molar-refractivity contribution is -0.142. The summed E-state index contributed by atoms with van der Waals surface area (Å²) < 4.78 is 19.1. The molecule has 0 aliphatic carbocycles. The van der Waals surface area contributed by atoms with E-state index in [-0.39, 0.29) is 36.8 Å². The van der Waals surface area contributed by atoms with Crippen LogP contribution < -0.4 is 4.74 Å². The predicted octanol–water partition coefficient (Wildman–Crippen LogP) is 4.29. The molecule has 7 heteroatoms. The Hall–Kier alpha value is -2.41. The van der Waals surface area contributed by atoms with E-state index in [2.05, 4.69) is 13.8 Å². The average molecular weight is 433 g/mol. The summed E-state index contributed by atoms with van der Waals surface area (Å²) >= 11 is 1.69. The van der Waals surface area contributed by atoms with Crippen LogP contribution in [0.3, 0.4) is 0 Å². The maximum absolute atomic E-state index is 13.2. The lowest BCUT2D eigenvalue weighted by atomic mass is 10.00. The maximum atomic E-state index is 13.2. The van der Waals surface area contributed by atoms with E-state index in [1.807, 2.05) is 16.3 Å². The van der Waals surface area contributed by atoms with Gasteiger partial charge in [0.15, 0.2) is 0 Å². The molecule has 2 aromatic rings. The Morgan fingerprint density at radius 1 is 1.30 bits per heavy atom. The average Bonchev–Trinajstić information content (AvgIpc) is 3.21. The SMILES string of the molecule is CCC(C)CN(CC(=O)N1CCc2sccc2C1COc1ccc(F)cc1)C(C)=O. The van der Waals surface area contributed by atoms with Gasteiger partial charge in [0, 0.05) is 24.9 Å². The fourth-order valence-electron chi connectivity index (χ4n) is 3.64. The number of halogens is 1. The monoisotopic (exact) mass is 432 g/mol. The van der Waals surface area contributed by atoms with Gasteiger partial charge in [-0.2, -0.15) is 0 Å². The summed E-state index contributed by atoms with van der Waals surface area (Å²) in [4.78, 5) is 30.0. The molecular weight excluding hydrogens is 403 g/mol. The molecule has 0 saturated carbocycles. The van der Waals surface area contributed by atoms with Crippen molar-refractivity contribution in [3.8, 4) is 5.75 Å². The van der Waals surface area contributed by atoms with Gasteiger partial charge in [-0.3, -0.25) is 9.59 Å². The number of nitrogens with zero attached hydrogens (tertiary/aromatic N) is 2. The molecule has 0 radical (unpaired) electrons. The van der Waals surface area contributed by atoms with Crippen molar-refractivity contribution in [2.24, 2.45) is 5.92 Å². The van der Waals surface area contributed by atoms with Crippen LogP contribution in [-0.2, 0) is 16.0 Å². The number of thiophene rings is 1. The first-order valence-corrected chi connectivity index (χ1v) is 11.3. The van der Waals surface area contributed by atoms with E-state index in [0.717, 1.165) is 18.4 Å². The first kappa shape index (κ1) is 22.3. The zero-order chi connectivity index (χ0) is 21.7. The van der Waals surface area contributed by atoms with Crippen LogP contribution in [-0.4, -0.2) is 47.9 Å². The zero-order valence-corrected chi connectivity index (χ0v) is 18.6. The van der Waals surface area contributed by atoms with Crippen molar-refractivity contribution in [2.75, 3.05) is 26.2 Å². The molecule has 30 heavy (non-hydrogen) atoms. The lowest BCUT2D eigenvalue weighted by Gasteiger charge is -2.37. The van der Waals surface area contributed by atoms with Gasteiger partial charge in [-0.1, -0.05) is 20.3 Å². The van der Waals surface area contributed by atoms with Crippen molar-refractivity contribution in [2.45, 2.75) is 39.7 Å². The van der Waals surface area contributed by atoms with E-state index in [9.17, 15) is 14.0 Å². The van der Waals surface area contributed by atoms with E-state index in [4.69, 9.17) is 4.74 Å². The molecule has 1 aromatic carbocycles.